The molecule has 0 spiro atoms. The third-order valence-corrected chi connectivity index (χ3v) is 1.11. The standard InChI is InChI=1S/C3H2BrFN2.ClH/c4-3-2(5)1-6-7-3;/h1H,(H,6,7);1H. The molecule has 0 atom stereocenters. The number of nitrogens with zero attached hydrogens (tertiary/aromatic N) is 1. The van der Waals surface area contributed by atoms with Crippen LogP contribution >= 0.6 is 28.3 Å². The lowest BCUT2D eigenvalue weighted by atomic mass is 10.7. The molecule has 1 rings (SSSR count). The summed E-state index contributed by atoms with van der Waals surface area (Å²) >= 11 is 2.87. The van der Waals surface area contributed by atoms with Crippen molar-refractivity contribution in [3.63, 3.8) is 0 Å². The van der Waals surface area contributed by atoms with E-state index in [4.69, 9.17) is 0 Å². The normalized spacial score (nSPS) is 8.25. The summed E-state index contributed by atoms with van der Waals surface area (Å²) in [5.41, 5.74) is 0. The molecule has 0 aliphatic carbocycles. The number of aromatic nitrogens is 2. The fraction of sp³-hybridized carbons (Fsp3) is 0. The van der Waals surface area contributed by atoms with Gasteiger partial charge in [0.25, 0.3) is 0 Å². The van der Waals surface area contributed by atoms with Crippen molar-refractivity contribution in [1.82, 2.24) is 10.2 Å². The summed E-state index contributed by atoms with van der Waals surface area (Å²) in [5.74, 6) is -0.361. The summed E-state index contributed by atoms with van der Waals surface area (Å²) in [4.78, 5) is 0. The van der Waals surface area contributed by atoms with Gasteiger partial charge in [0.1, 0.15) is 4.60 Å². The summed E-state index contributed by atoms with van der Waals surface area (Å²) < 4.78 is 12.2. The first-order valence-corrected chi connectivity index (χ1v) is 2.44. The van der Waals surface area contributed by atoms with Crippen molar-refractivity contribution in [2.75, 3.05) is 0 Å². The maximum absolute atomic E-state index is 11.9. The minimum absolute atomic E-state index is 0. The van der Waals surface area contributed by atoms with Crippen LogP contribution in [0.1, 0.15) is 0 Å². The summed E-state index contributed by atoms with van der Waals surface area (Å²) in [6.45, 7) is 0. The average molecular weight is 201 g/mol. The van der Waals surface area contributed by atoms with E-state index in [-0.39, 0.29) is 18.2 Å². The summed E-state index contributed by atoms with van der Waals surface area (Å²) in [7, 11) is 0. The Bertz CT molecular complexity index is 150. The van der Waals surface area contributed by atoms with E-state index < -0.39 is 0 Å². The Morgan fingerprint density at radius 1 is 1.75 bits per heavy atom. The van der Waals surface area contributed by atoms with Crippen LogP contribution in [0.3, 0.4) is 0 Å². The van der Waals surface area contributed by atoms with E-state index in [2.05, 4.69) is 26.1 Å². The molecule has 1 aromatic rings. The summed E-state index contributed by atoms with van der Waals surface area (Å²) in [5, 5.41) is 5.73. The van der Waals surface area contributed by atoms with Gasteiger partial charge >= 0.3 is 0 Å². The zero-order chi connectivity index (χ0) is 5.28. The molecule has 2 nitrogen and oxygen atoms in total. The Hall–Kier alpha value is -0.0900. The van der Waals surface area contributed by atoms with E-state index in [1.807, 2.05) is 0 Å². The molecule has 0 aliphatic rings. The minimum atomic E-state index is -0.361. The number of hydrogen-bond acceptors (Lipinski definition) is 1. The van der Waals surface area contributed by atoms with Gasteiger partial charge in [-0.3, -0.25) is 5.10 Å². The second kappa shape index (κ2) is 3.04. The molecule has 1 N–H and O–H groups in total. The van der Waals surface area contributed by atoms with E-state index in [9.17, 15) is 4.39 Å². The van der Waals surface area contributed by atoms with Crippen LogP contribution in [0, 0.1) is 5.82 Å². The number of H-pyrrole nitrogens is 1. The number of aromatic amines is 1. The van der Waals surface area contributed by atoms with Gasteiger partial charge in [0.15, 0.2) is 5.82 Å². The van der Waals surface area contributed by atoms with Gasteiger partial charge in [0.2, 0.25) is 0 Å². The zero-order valence-corrected chi connectivity index (χ0v) is 6.09. The van der Waals surface area contributed by atoms with Crippen LogP contribution in [-0.4, -0.2) is 10.2 Å². The molecule has 1 heterocycles. The first kappa shape index (κ1) is 7.91. The third kappa shape index (κ3) is 1.45. The Labute approximate surface area is 60.0 Å². The van der Waals surface area contributed by atoms with Crippen molar-refractivity contribution in [3.05, 3.63) is 16.6 Å². The zero-order valence-electron chi connectivity index (χ0n) is 3.69. The Balaban J connectivity index is 0.000000490. The highest BCUT2D eigenvalue weighted by Crippen LogP contribution is 2.07. The molecule has 1 aromatic heterocycles. The molecule has 0 aromatic carbocycles. The topological polar surface area (TPSA) is 28.7 Å². The van der Waals surface area contributed by atoms with Crippen molar-refractivity contribution >= 4 is 28.3 Å². The highest BCUT2D eigenvalue weighted by Gasteiger charge is 1.94. The fourth-order valence-corrected chi connectivity index (χ4v) is 0.460. The Morgan fingerprint density at radius 3 is 2.50 bits per heavy atom. The van der Waals surface area contributed by atoms with Crippen LogP contribution in [-0.2, 0) is 0 Å². The molecule has 0 radical (unpaired) electrons. The van der Waals surface area contributed by atoms with E-state index >= 15 is 0 Å². The monoisotopic (exact) mass is 200 g/mol. The third-order valence-electron chi connectivity index (χ3n) is 0.550. The van der Waals surface area contributed by atoms with Crippen molar-refractivity contribution in [2.45, 2.75) is 0 Å². The van der Waals surface area contributed by atoms with Crippen LogP contribution in [0.5, 0.6) is 0 Å². The van der Waals surface area contributed by atoms with Crippen LogP contribution in [0.2, 0.25) is 0 Å². The highest BCUT2D eigenvalue weighted by atomic mass is 79.9. The smallest absolute Gasteiger partial charge is 0.175 e. The molecular formula is C3H3BrClFN2. The molecule has 0 fully saturated rings. The van der Waals surface area contributed by atoms with Crippen LogP contribution in [0.15, 0.2) is 10.8 Å². The van der Waals surface area contributed by atoms with Crippen molar-refractivity contribution < 1.29 is 4.39 Å². The maximum Gasteiger partial charge on any atom is 0.175 e. The lowest BCUT2D eigenvalue weighted by Gasteiger charge is -1.71. The molecular weight excluding hydrogens is 198 g/mol. The van der Waals surface area contributed by atoms with Gasteiger partial charge in [0.05, 0.1) is 6.20 Å². The van der Waals surface area contributed by atoms with E-state index in [0.717, 1.165) is 6.20 Å². The summed E-state index contributed by atoms with van der Waals surface area (Å²) in [6.07, 6.45) is 1.10. The van der Waals surface area contributed by atoms with Crippen LogP contribution in [0.25, 0.3) is 0 Å². The van der Waals surface area contributed by atoms with E-state index in [0.29, 0.717) is 4.60 Å². The number of hydrogen-bond donors (Lipinski definition) is 1. The van der Waals surface area contributed by atoms with E-state index in [1.54, 1.807) is 0 Å². The number of halogens is 3. The molecule has 0 saturated carbocycles. The average Bonchev–Trinajstić information content (AvgIpc) is 1.91. The molecule has 0 unspecified atom stereocenters. The fourth-order valence-electron chi connectivity index (χ4n) is 0.256. The second-order valence-corrected chi connectivity index (χ2v) is 1.82. The maximum atomic E-state index is 11.9. The molecule has 0 saturated heterocycles. The van der Waals surface area contributed by atoms with Gasteiger partial charge < -0.3 is 0 Å². The van der Waals surface area contributed by atoms with E-state index in [1.165, 1.54) is 0 Å². The SMILES string of the molecule is Cl.Fc1cn[nH]c1Br. The van der Waals surface area contributed by atoms with Gasteiger partial charge in [-0.15, -0.1) is 12.4 Å². The number of nitrogens with one attached hydrogen (secondary N) is 1. The predicted octanol–water partition coefficient (Wildman–Crippen LogP) is 1.73. The molecule has 46 valence electrons. The Morgan fingerprint density at radius 2 is 2.38 bits per heavy atom. The van der Waals surface area contributed by atoms with Gasteiger partial charge in [-0.25, -0.2) is 4.39 Å². The molecule has 0 aliphatic heterocycles. The van der Waals surface area contributed by atoms with Gasteiger partial charge in [-0.1, -0.05) is 0 Å². The summed E-state index contributed by atoms with van der Waals surface area (Å²) in [6, 6.07) is 0. The second-order valence-electron chi connectivity index (χ2n) is 1.03. The first-order chi connectivity index (χ1) is 3.30. The van der Waals surface area contributed by atoms with Gasteiger partial charge in [0, 0.05) is 0 Å². The molecule has 0 amide bonds. The molecule has 0 bridgehead atoms. The van der Waals surface area contributed by atoms with Crippen molar-refractivity contribution in [2.24, 2.45) is 0 Å². The van der Waals surface area contributed by atoms with Gasteiger partial charge in [-0.2, -0.15) is 5.10 Å². The van der Waals surface area contributed by atoms with Crippen LogP contribution < -0.4 is 0 Å². The molecule has 8 heavy (non-hydrogen) atoms. The Kier molecular flexibility index (Phi) is 3.01. The lowest BCUT2D eigenvalue weighted by molar-refractivity contribution is 0.622. The largest absolute Gasteiger partial charge is 0.268 e. The first-order valence-electron chi connectivity index (χ1n) is 1.65. The minimum Gasteiger partial charge on any atom is -0.268 e. The molecule has 5 heteroatoms. The lowest BCUT2D eigenvalue weighted by Crippen LogP contribution is -1.63. The quantitative estimate of drug-likeness (QED) is 0.680. The predicted molar refractivity (Wildman–Crippen MR) is 33.5 cm³/mol. The van der Waals surface area contributed by atoms with Gasteiger partial charge in [-0.05, 0) is 15.9 Å². The van der Waals surface area contributed by atoms with Crippen molar-refractivity contribution in [3.8, 4) is 0 Å². The van der Waals surface area contributed by atoms with Crippen molar-refractivity contribution in [1.29, 1.82) is 0 Å². The number of rotatable bonds is 0. The highest BCUT2D eigenvalue weighted by molar-refractivity contribution is 9.10. The van der Waals surface area contributed by atoms with Crippen LogP contribution in [0.4, 0.5) is 4.39 Å².